The summed E-state index contributed by atoms with van der Waals surface area (Å²) in [5.41, 5.74) is 2.23. The number of nitrogens with zero attached hydrogens (tertiary/aromatic N) is 4. The van der Waals surface area contributed by atoms with Gasteiger partial charge in [0.2, 0.25) is 5.88 Å². The third kappa shape index (κ3) is 3.53. The highest BCUT2D eigenvalue weighted by molar-refractivity contribution is 6.32. The first-order valence-electron chi connectivity index (χ1n) is 7.66. The molecule has 0 fully saturated rings. The van der Waals surface area contributed by atoms with Gasteiger partial charge in [0.05, 0.1) is 42.5 Å². The van der Waals surface area contributed by atoms with Gasteiger partial charge in [-0.3, -0.25) is 0 Å². The minimum atomic E-state index is -0.477. The van der Waals surface area contributed by atoms with Crippen LogP contribution in [0.25, 0.3) is 5.65 Å². The molecule has 10 heteroatoms. The molecule has 0 spiro atoms. The van der Waals surface area contributed by atoms with E-state index in [4.69, 9.17) is 21.1 Å². The number of halogens is 1. The molecule has 1 atom stereocenters. The molecule has 0 radical (unpaired) electrons. The summed E-state index contributed by atoms with van der Waals surface area (Å²) in [6.07, 6.45) is 6.03. The first kappa shape index (κ1) is 17.9. The number of ether oxygens (including phenoxy) is 2. The lowest BCUT2D eigenvalue weighted by atomic mass is 10.1. The summed E-state index contributed by atoms with van der Waals surface area (Å²) in [6, 6.07) is 1.07. The fourth-order valence-corrected chi connectivity index (χ4v) is 2.68. The third-order valence-electron chi connectivity index (χ3n) is 3.73. The van der Waals surface area contributed by atoms with Crippen molar-refractivity contribution in [2.75, 3.05) is 24.9 Å². The Morgan fingerprint density at radius 2 is 2.08 bits per heavy atom. The van der Waals surface area contributed by atoms with Crippen molar-refractivity contribution in [3.05, 3.63) is 41.4 Å². The zero-order valence-corrected chi connectivity index (χ0v) is 15.1. The quantitative estimate of drug-likeness (QED) is 0.709. The molecular formula is C16H17ClN6O3. The number of carbonyl (C=O) groups is 1. The number of methoxy groups -OCH3 is 2. The molecule has 3 aromatic rings. The maximum absolute atomic E-state index is 12.4. The minimum Gasteiger partial charge on any atom is -0.480 e. The monoisotopic (exact) mass is 376 g/mol. The zero-order chi connectivity index (χ0) is 18.7. The molecule has 3 aromatic heterocycles. The van der Waals surface area contributed by atoms with Crippen molar-refractivity contribution in [2.45, 2.75) is 13.0 Å². The molecule has 0 saturated heterocycles. The van der Waals surface area contributed by atoms with Gasteiger partial charge in [0.25, 0.3) is 0 Å². The normalized spacial score (nSPS) is 12.0. The van der Waals surface area contributed by atoms with Gasteiger partial charge in [0.15, 0.2) is 5.65 Å². The summed E-state index contributed by atoms with van der Waals surface area (Å²) in [5, 5.41) is 9.93. The highest BCUT2D eigenvalue weighted by atomic mass is 35.5. The zero-order valence-electron chi connectivity index (χ0n) is 14.4. The summed E-state index contributed by atoms with van der Waals surface area (Å²) in [5.74, 6) is 0.280. The Labute approximate surface area is 154 Å². The Balaban J connectivity index is 1.84. The van der Waals surface area contributed by atoms with Crippen molar-refractivity contribution in [3.63, 3.8) is 0 Å². The summed E-state index contributed by atoms with van der Waals surface area (Å²) in [4.78, 5) is 20.7. The number of urea groups is 1. The smallest absolute Gasteiger partial charge is 0.323 e. The fourth-order valence-electron chi connectivity index (χ4n) is 2.44. The van der Waals surface area contributed by atoms with Crippen LogP contribution in [0, 0.1) is 0 Å². The Bertz CT molecular complexity index is 945. The number of anilines is 2. The number of fused-ring (bicyclic) bond motifs is 1. The second-order valence-corrected chi connectivity index (χ2v) is 5.75. The van der Waals surface area contributed by atoms with Crippen molar-refractivity contribution in [1.82, 2.24) is 19.6 Å². The van der Waals surface area contributed by atoms with E-state index < -0.39 is 6.03 Å². The molecule has 0 bridgehead atoms. The molecule has 3 rings (SSSR count). The molecule has 2 amide bonds. The lowest BCUT2D eigenvalue weighted by Crippen LogP contribution is -2.21. The minimum absolute atomic E-state index is 0.280. The highest BCUT2D eigenvalue weighted by Crippen LogP contribution is 2.28. The SMILES string of the molecule is COc1ncc(NC(=O)Nc2cnn3ccnc3c2C(C)OC)cc1Cl. The van der Waals surface area contributed by atoms with Crippen LogP contribution in [-0.4, -0.2) is 39.8 Å². The molecule has 0 aliphatic heterocycles. The average molecular weight is 377 g/mol. The number of carbonyl (C=O) groups excluding carboxylic acids is 1. The largest absolute Gasteiger partial charge is 0.480 e. The summed E-state index contributed by atoms with van der Waals surface area (Å²) in [7, 11) is 3.05. The summed E-state index contributed by atoms with van der Waals surface area (Å²) >= 11 is 6.01. The van der Waals surface area contributed by atoms with Gasteiger partial charge in [-0.2, -0.15) is 5.10 Å². The van der Waals surface area contributed by atoms with Gasteiger partial charge in [0, 0.05) is 19.5 Å². The molecule has 0 aromatic carbocycles. The number of amides is 2. The van der Waals surface area contributed by atoms with Gasteiger partial charge >= 0.3 is 6.03 Å². The Morgan fingerprint density at radius 3 is 2.77 bits per heavy atom. The number of imidazole rings is 1. The number of hydrogen-bond acceptors (Lipinski definition) is 6. The van der Waals surface area contributed by atoms with Crippen LogP contribution in [-0.2, 0) is 4.74 Å². The number of hydrogen-bond donors (Lipinski definition) is 2. The van der Waals surface area contributed by atoms with Crippen LogP contribution >= 0.6 is 11.6 Å². The predicted octanol–water partition coefficient (Wildman–Crippen LogP) is 3.14. The van der Waals surface area contributed by atoms with Crippen molar-refractivity contribution in [1.29, 1.82) is 0 Å². The van der Waals surface area contributed by atoms with Gasteiger partial charge in [-0.25, -0.2) is 19.3 Å². The van der Waals surface area contributed by atoms with Gasteiger partial charge in [-0.1, -0.05) is 11.6 Å². The summed E-state index contributed by atoms with van der Waals surface area (Å²) in [6.45, 7) is 1.86. The Kier molecular flexibility index (Phi) is 5.19. The number of nitrogens with one attached hydrogen (secondary N) is 2. The molecule has 2 N–H and O–H groups in total. The van der Waals surface area contributed by atoms with Crippen molar-refractivity contribution in [3.8, 4) is 5.88 Å². The van der Waals surface area contributed by atoms with E-state index >= 15 is 0 Å². The standard InChI is InChI=1S/C16H17ClN6O3/c1-9(25-2)13-12(8-20-23-5-4-18-14(13)23)22-16(24)21-10-6-11(17)15(26-3)19-7-10/h4-9H,1-3H3,(H2,21,22,24). The van der Waals surface area contributed by atoms with E-state index in [1.54, 1.807) is 36.3 Å². The van der Waals surface area contributed by atoms with Crippen LogP contribution in [0.2, 0.25) is 5.02 Å². The Hall–Kier alpha value is -2.91. The molecule has 26 heavy (non-hydrogen) atoms. The fraction of sp³-hybridized carbons (Fsp3) is 0.250. The van der Waals surface area contributed by atoms with Crippen LogP contribution in [0.1, 0.15) is 18.6 Å². The third-order valence-corrected chi connectivity index (χ3v) is 4.00. The molecule has 9 nitrogen and oxygen atoms in total. The molecule has 0 aliphatic carbocycles. The topological polar surface area (TPSA) is 103 Å². The average Bonchev–Trinajstić information content (AvgIpc) is 3.09. The van der Waals surface area contributed by atoms with E-state index in [1.807, 2.05) is 6.92 Å². The van der Waals surface area contributed by atoms with Crippen molar-refractivity contribution >= 4 is 34.7 Å². The van der Waals surface area contributed by atoms with Crippen LogP contribution in [0.4, 0.5) is 16.2 Å². The van der Waals surface area contributed by atoms with E-state index in [0.29, 0.717) is 27.6 Å². The second-order valence-electron chi connectivity index (χ2n) is 5.34. The molecule has 1 unspecified atom stereocenters. The van der Waals surface area contributed by atoms with E-state index in [2.05, 4.69) is 25.7 Å². The summed E-state index contributed by atoms with van der Waals surface area (Å²) < 4.78 is 12.0. The van der Waals surface area contributed by atoms with Gasteiger partial charge in [0.1, 0.15) is 5.02 Å². The van der Waals surface area contributed by atoms with Crippen LogP contribution in [0.3, 0.4) is 0 Å². The molecule has 136 valence electrons. The Morgan fingerprint density at radius 1 is 1.27 bits per heavy atom. The van der Waals surface area contributed by atoms with E-state index in [1.165, 1.54) is 13.3 Å². The molecule has 0 saturated carbocycles. The van der Waals surface area contributed by atoms with Crippen LogP contribution in [0.15, 0.2) is 30.9 Å². The maximum atomic E-state index is 12.4. The highest BCUT2D eigenvalue weighted by Gasteiger charge is 2.18. The van der Waals surface area contributed by atoms with E-state index in [-0.39, 0.29) is 12.0 Å². The van der Waals surface area contributed by atoms with Crippen LogP contribution in [0.5, 0.6) is 5.88 Å². The molecule has 3 heterocycles. The van der Waals surface area contributed by atoms with Gasteiger partial charge in [-0.15, -0.1) is 0 Å². The van der Waals surface area contributed by atoms with Gasteiger partial charge in [-0.05, 0) is 13.0 Å². The first-order chi connectivity index (χ1) is 12.5. The number of aromatic nitrogens is 4. The van der Waals surface area contributed by atoms with Crippen molar-refractivity contribution in [2.24, 2.45) is 0 Å². The number of rotatable bonds is 5. The van der Waals surface area contributed by atoms with Crippen LogP contribution < -0.4 is 15.4 Å². The van der Waals surface area contributed by atoms with E-state index in [0.717, 1.165) is 0 Å². The van der Waals surface area contributed by atoms with Crippen molar-refractivity contribution < 1.29 is 14.3 Å². The molecule has 0 aliphatic rings. The van der Waals surface area contributed by atoms with Gasteiger partial charge < -0.3 is 20.1 Å². The lowest BCUT2D eigenvalue weighted by molar-refractivity contribution is 0.120. The first-order valence-corrected chi connectivity index (χ1v) is 8.04. The predicted molar refractivity (Wildman–Crippen MR) is 96.9 cm³/mol. The number of pyridine rings is 1. The molecular weight excluding hydrogens is 360 g/mol. The lowest BCUT2D eigenvalue weighted by Gasteiger charge is -2.16. The maximum Gasteiger partial charge on any atom is 0.323 e. The second kappa shape index (κ2) is 7.54. The van der Waals surface area contributed by atoms with E-state index in [9.17, 15) is 4.79 Å².